The molecule has 0 bridgehead atoms. The van der Waals surface area contributed by atoms with Crippen molar-refractivity contribution in [1.29, 1.82) is 0 Å². The van der Waals surface area contributed by atoms with Crippen LogP contribution in [-0.4, -0.2) is 37.3 Å². The van der Waals surface area contributed by atoms with Gasteiger partial charge in [0.1, 0.15) is 0 Å². The van der Waals surface area contributed by atoms with E-state index in [4.69, 9.17) is 5.11 Å². The van der Waals surface area contributed by atoms with Crippen LogP contribution in [0, 0.1) is 0 Å². The largest absolute Gasteiger partial charge is 0.478 e. The molecule has 0 aromatic heterocycles. The molecule has 12 heavy (non-hydrogen) atoms. The number of carboxylic acid groups (broad SMARTS) is 1. The third-order valence-electron chi connectivity index (χ3n) is 1.32. The first-order valence-corrected chi connectivity index (χ1v) is 3.95. The van der Waals surface area contributed by atoms with Crippen molar-refractivity contribution in [1.82, 2.24) is 10.6 Å². The van der Waals surface area contributed by atoms with Crippen LogP contribution in [0.2, 0.25) is 0 Å². The van der Waals surface area contributed by atoms with E-state index in [9.17, 15) is 4.79 Å². The minimum Gasteiger partial charge on any atom is -0.478 e. The highest BCUT2D eigenvalue weighted by Crippen LogP contribution is 1.81. The van der Waals surface area contributed by atoms with Gasteiger partial charge in [-0.2, -0.15) is 0 Å². The van der Waals surface area contributed by atoms with Crippen LogP contribution in [0.15, 0.2) is 12.2 Å². The van der Waals surface area contributed by atoms with Gasteiger partial charge in [-0.25, -0.2) is 4.79 Å². The Hall–Kier alpha value is -0.870. The Labute approximate surface area is 72.7 Å². The van der Waals surface area contributed by atoms with E-state index in [0.717, 1.165) is 26.2 Å². The van der Waals surface area contributed by atoms with Gasteiger partial charge in [0.05, 0.1) is 0 Å². The van der Waals surface area contributed by atoms with Crippen LogP contribution in [0.5, 0.6) is 0 Å². The summed E-state index contributed by atoms with van der Waals surface area (Å²) in [5.41, 5.74) is 0.176. The lowest BCUT2D eigenvalue weighted by atomic mass is 10.4. The third-order valence-corrected chi connectivity index (χ3v) is 1.32. The van der Waals surface area contributed by atoms with Crippen LogP contribution in [0.3, 0.4) is 0 Å². The summed E-state index contributed by atoms with van der Waals surface area (Å²) in [6, 6.07) is 0. The zero-order chi connectivity index (χ0) is 9.40. The molecule has 0 amide bonds. The quantitative estimate of drug-likeness (QED) is 0.480. The molecule has 0 radical (unpaired) electrons. The molecule has 1 saturated heterocycles. The minimum absolute atomic E-state index is 0.176. The van der Waals surface area contributed by atoms with E-state index in [1.165, 1.54) is 6.92 Å². The lowest BCUT2D eigenvalue weighted by Crippen LogP contribution is -2.39. The number of aliphatic carboxylic acids is 1. The van der Waals surface area contributed by atoms with Crippen molar-refractivity contribution in [3.8, 4) is 0 Å². The second-order valence-corrected chi connectivity index (χ2v) is 2.59. The third kappa shape index (κ3) is 7.24. The molecule has 4 nitrogen and oxygen atoms in total. The topological polar surface area (TPSA) is 61.4 Å². The van der Waals surface area contributed by atoms with Crippen LogP contribution in [0.4, 0.5) is 0 Å². The van der Waals surface area contributed by atoms with Gasteiger partial charge in [0.2, 0.25) is 0 Å². The average molecular weight is 172 g/mol. The summed E-state index contributed by atoms with van der Waals surface area (Å²) >= 11 is 0. The highest BCUT2D eigenvalue weighted by Gasteiger charge is 1.91. The Kier molecular flexibility index (Phi) is 6.32. The number of rotatable bonds is 1. The molecule has 1 fully saturated rings. The van der Waals surface area contributed by atoms with E-state index in [1.807, 2.05) is 0 Å². The van der Waals surface area contributed by atoms with E-state index >= 15 is 0 Å². The summed E-state index contributed by atoms with van der Waals surface area (Å²) in [5, 5.41) is 14.3. The Bertz CT molecular complexity index is 130. The van der Waals surface area contributed by atoms with Crippen molar-refractivity contribution in [2.75, 3.05) is 26.2 Å². The van der Waals surface area contributed by atoms with Crippen LogP contribution in [-0.2, 0) is 4.79 Å². The molecule has 1 aliphatic rings. The summed E-state index contributed by atoms with van der Waals surface area (Å²) < 4.78 is 0. The van der Waals surface area contributed by atoms with Crippen LogP contribution < -0.4 is 10.6 Å². The molecule has 4 heteroatoms. The summed E-state index contributed by atoms with van der Waals surface area (Å²) in [6.07, 6.45) is 0. The highest BCUT2D eigenvalue weighted by atomic mass is 16.4. The molecule has 0 unspecified atom stereocenters. The van der Waals surface area contributed by atoms with Gasteiger partial charge in [0, 0.05) is 31.8 Å². The van der Waals surface area contributed by atoms with E-state index < -0.39 is 5.97 Å². The van der Waals surface area contributed by atoms with E-state index in [0.29, 0.717) is 0 Å². The molecule has 0 aliphatic carbocycles. The van der Waals surface area contributed by atoms with Gasteiger partial charge >= 0.3 is 5.97 Å². The number of hydrogen-bond acceptors (Lipinski definition) is 3. The Morgan fingerprint density at radius 1 is 1.25 bits per heavy atom. The number of carboxylic acids is 1. The first kappa shape index (κ1) is 11.1. The minimum atomic E-state index is -0.935. The highest BCUT2D eigenvalue weighted by molar-refractivity contribution is 5.84. The van der Waals surface area contributed by atoms with Crippen molar-refractivity contribution in [3.05, 3.63) is 12.2 Å². The van der Waals surface area contributed by atoms with Crippen LogP contribution >= 0.6 is 0 Å². The van der Waals surface area contributed by atoms with Gasteiger partial charge < -0.3 is 15.7 Å². The lowest BCUT2D eigenvalue weighted by molar-refractivity contribution is -0.132. The maximum atomic E-state index is 9.60. The lowest BCUT2D eigenvalue weighted by Gasteiger charge is -2.11. The Balaban J connectivity index is 0.000000202. The van der Waals surface area contributed by atoms with E-state index in [-0.39, 0.29) is 5.57 Å². The SMILES string of the molecule is C1CNCCN1.C=C(C)C(=O)O. The van der Waals surface area contributed by atoms with Gasteiger partial charge in [-0.15, -0.1) is 0 Å². The Morgan fingerprint density at radius 3 is 1.58 bits per heavy atom. The maximum absolute atomic E-state index is 9.60. The molecule has 1 aliphatic heterocycles. The fourth-order valence-electron chi connectivity index (χ4n) is 0.604. The van der Waals surface area contributed by atoms with Crippen LogP contribution in [0.1, 0.15) is 6.92 Å². The summed E-state index contributed by atoms with van der Waals surface area (Å²) in [5.74, 6) is -0.935. The van der Waals surface area contributed by atoms with Gasteiger partial charge in [0.15, 0.2) is 0 Å². The van der Waals surface area contributed by atoms with Gasteiger partial charge in [-0.05, 0) is 6.92 Å². The van der Waals surface area contributed by atoms with Crippen molar-refractivity contribution in [2.24, 2.45) is 0 Å². The molecular weight excluding hydrogens is 156 g/mol. The smallest absolute Gasteiger partial charge is 0.330 e. The molecular formula is C8H16N2O2. The summed E-state index contributed by atoms with van der Waals surface area (Å²) in [4.78, 5) is 9.60. The zero-order valence-electron chi connectivity index (χ0n) is 7.39. The fraction of sp³-hybridized carbons (Fsp3) is 0.625. The zero-order valence-corrected chi connectivity index (χ0v) is 7.39. The predicted molar refractivity (Wildman–Crippen MR) is 48.2 cm³/mol. The molecule has 0 spiro atoms. The second kappa shape index (κ2) is 6.82. The molecule has 0 aromatic rings. The van der Waals surface area contributed by atoms with E-state index in [2.05, 4.69) is 17.2 Å². The molecule has 70 valence electrons. The predicted octanol–water partition coefficient (Wildman–Crippen LogP) is -0.174. The van der Waals surface area contributed by atoms with Crippen molar-refractivity contribution >= 4 is 5.97 Å². The Morgan fingerprint density at radius 2 is 1.50 bits per heavy atom. The standard InChI is InChI=1S/C4H10N2.C4H6O2/c1-2-6-4-3-5-1;1-3(2)4(5)6/h5-6H,1-4H2;1H2,2H3,(H,5,6). The van der Waals surface area contributed by atoms with Gasteiger partial charge in [-0.1, -0.05) is 6.58 Å². The van der Waals surface area contributed by atoms with Gasteiger partial charge in [0.25, 0.3) is 0 Å². The molecule has 1 heterocycles. The van der Waals surface area contributed by atoms with E-state index in [1.54, 1.807) is 0 Å². The normalized spacial score (nSPS) is 15.8. The number of nitrogens with one attached hydrogen (secondary N) is 2. The monoisotopic (exact) mass is 172 g/mol. The fourth-order valence-corrected chi connectivity index (χ4v) is 0.604. The maximum Gasteiger partial charge on any atom is 0.330 e. The van der Waals surface area contributed by atoms with Crippen LogP contribution in [0.25, 0.3) is 0 Å². The summed E-state index contributed by atoms with van der Waals surface area (Å²) in [7, 11) is 0. The summed E-state index contributed by atoms with van der Waals surface area (Å²) in [6.45, 7) is 9.16. The first-order valence-electron chi connectivity index (χ1n) is 3.95. The van der Waals surface area contributed by atoms with Crippen molar-refractivity contribution in [2.45, 2.75) is 6.92 Å². The van der Waals surface area contributed by atoms with Crippen molar-refractivity contribution < 1.29 is 9.90 Å². The number of hydrogen-bond donors (Lipinski definition) is 3. The number of carbonyl (C=O) groups is 1. The molecule has 0 atom stereocenters. The molecule has 0 aromatic carbocycles. The number of piperazine rings is 1. The van der Waals surface area contributed by atoms with Crippen molar-refractivity contribution in [3.63, 3.8) is 0 Å². The first-order chi connectivity index (χ1) is 5.64. The average Bonchev–Trinajstić information content (AvgIpc) is 2.08. The molecule has 0 saturated carbocycles. The second-order valence-electron chi connectivity index (χ2n) is 2.59. The molecule has 3 N–H and O–H groups in total. The molecule has 1 rings (SSSR count). The van der Waals surface area contributed by atoms with Gasteiger partial charge in [-0.3, -0.25) is 0 Å².